The average Bonchev–Trinajstić information content (AvgIpc) is 3.39. The molecule has 2 heterocycles. The fourth-order valence-electron chi connectivity index (χ4n) is 4.03. The van der Waals surface area contributed by atoms with Crippen molar-refractivity contribution in [1.82, 2.24) is 20.1 Å². The highest BCUT2D eigenvalue weighted by Gasteiger charge is 2.22. The molecule has 0 atom stereocenters. The Morgan fingerprint density at radius 3 is 2.66 bits per heavy atom. The molecular formula is C21H29N5O3. The second-order valence-corrected chi connectivity index (χ2v) is 7.79. The number of aromatic nitrogens is 3. The molecule has 1 saturated heterocycles. The topological polar surface area (TPSA) is 90.3 Å². The zero-order valence-electron chi connectivity index (χ0n) is 17.1. The predicted octanol–water partition coefficient (Wildman–Crippen LogP) is 2.86. The summed E-state index contributed by atoms with van der Waals surface area (Å²) in [5.41, 5.74) is 0.493. The Morgan fingerprint density at radius 2 is 1.93 bits per heavy atom. The maximum absolute atomic E-state index is 12.8. The Bertz CT molecular complexity index is 854. The van der Waals surface area contributed by atoms with E-state index in [1.807, 2.05) is 6.07 Å². The van der Waals surface area contributed by atoms with Crippen LogP contribution in [0.2, 0.25) is 0 Å². The molecule has 29 heavy (non-hydrogen) atoms. The van der Waals surface area contributed by atoms with Crippen LogP contribution in [0.3, 0.4) is 0 Å². The van der Waals surface area contributed by atoms with E-state index in [0.717, 1.165) is 44.6 Å². The van der Waals surface area contributed by atoms with Crippen molar-refractivity contribution in [2.75, 3.05) is 25.5 Å². The van der Waals surface area contributed by atoms with Crippen molar-refractivity contribution in [2.45, 2.75) is 50.5 Å². The number of benzene rings is 1. The molecule has 8 heteroatoms. The lowest BCUT2D eigenvalue weighted by Crippen LogP contribution is -2.27. The monoisotopic (exact) mass is 399 g/mol. The van der Waals surface area contributed by atoms with E-state index < -0.39 is 0 Å². The lowest BCUT2D eigenvalue weighted by molar-refractivity contribution is 0.102. The van der Waals surface area contributed by atoms with Gasteiger partial charge in [0.25, 0.3) is 5.91 Å². The van der Waals surface area contributed by atoms with Crippen molar-refractivity contribution >= 4 is 11.9 Å². The molecule has 1 amide bonds. The van der Waals surface area contributed by atoms with E-state index in [0.29, 0.717) is 28.9 Å². The van der Waals surface area contributed by atoms with Crippen molar-refractivity contribution in [3.8, 4) is 11.5 Å². The highest BCUT2D eigenvalue weighted by molar-refractivity contribution is 6.03. The van der Waals surface area contributed by atoms with E-state index in [9.17, 15) is 4.79 Å². The minimum Gasteiger partial charge on any atom is -0.493 e. The third kappa shape index (κ3) is 4.53. The van der Waals surface area contributed by atoms with Gasteiger partial charge in [-0.25, -0.2) is 4.68 Å². The quantitative estimate of drug-likeness (QED) is 0.776. The smallest absolute Gasteiger partial charge is 0.258 e. The second-order valence-electron chi connectivity index (χ2n) is 7.79. The van der Waals surface area contributed by atoms with Crippen LogP contribution in [-0.2, 0) is 7.05 Å². The van der Waals surface area contributed by atoms with Gasteiger partial charge in [0, 0.05) is 18.5 Å². The summed E-state index contributed by atoms with van der Waals surface area (Å²) < 4.78 is 13.1. The predicted molar refractivity (Wildman–Crippen MR) is 110 cm³/mol. The molecule has 8 nitrogen and oxygen atoms in total. The molecule has 1 aliphatic heterocycles. The fraction of sp³-hybridized carbons (Fsp3) is 0.571. The summed E-state index contributed by atoms with van der Waals surface area (Å²) in [5, 5.41) is 10.7. The van der Waals surface area contributed by atoms with Gasteiger partial charge in [0.2, 0.25) is 5.95 Å². The zero-order valence-corrected chi connectivity index (χ0v) is 17.1. The maximum atomic E-state index is 12.8. The summed E-state index contributed by atoms with van der Waals surface area (Å²) >= 11 is 0. The van der Waals surface area contributed by atoms with E-state index in [-0.39, 0.29) is 12.0 Å². The van der Waals surface area contributed by atoms with Crippen LogP contribution in [0.4, 0.5) is 5.95 Å². The summed E-state index contributed by atoms with van der Waals surface area (Å²) in [6.45, 7) is 1.94. The summed E-state index contributed by atoms with van der Waals surface area (Å²) in [5.74, 6) is 2.58. The standard InChI is InChI=1S/C21H29N5O3/c1-26-21(23-19(25-26)14-9-11-22-12-10-14)24-20(27)15-7-8-17(18(13-15)28-2)29-16-5-3-4-6-16/h7-8,13-14,16,22H,3-6,9-12H2,1-2H3,(H,23,24,25,27). The van der Waals surface area contributed by atoms with Crippen LogP contribution >= 0.6 is 0 Å². The molecule has 0 spiro atoms. The van der Waals surface area contributed by atoms with E-state index in [4.69, 9.17) is 9.47 Å². The minimum absolute atomic E-state index is 0.232. The van der Waals surface area contributed by atoms with Crippen molar-refractivity contribution in [2.24, 2.45) is 7.05 Å². The van der Waals surface area contributed by atoms with E-state index in [2.05, 4.69) is 20.7 Å². The highest BCUT2D eigenvalue weighted by Crippen LogP contribution is 2.32. The largest absolute Gasteiger partial charge is 0.493 e. The third-order valence-corrected chi connectivity index (χ3v) is 5.73. The van der Waals surface area contributed by atoms with Crippen LogP contribution in [0.5, 0.6) is 11.5 Å². The molecule has 1 aromatic heterocycles. The summed E-state index contributed by atoms with van der Waals surface area (Å²) in [6.07, 6.45) is 6.78. The van der Waals surface area contributed by atoms with Gasteiger partial charge in [-0.3, -0.25) is 10.1 Å². The van der Waals surface area contributed by atoms with Crippen LogP contribution in [-0.4, -0.2) is 47.0 Å². The number of hydrogen-bond donors (Lipinski definition) is 2. The summed E-state index contributed by atoms with van der Waals surface area (Å²) in [6, 6.07) is 5.28. The van der Waals surface area contributed by atoms with Crippen molar-refractivity contribution in [1.29, 1.82) is 0 Å². The number of nitrogens with zero attached hydrogens (tertiary/aromatic N) is 3. The van der Waals surface area contributed by atoms with E-state index >= 15 is 0 Å². The number of carbonyl (C=O) groups excluding carboxylic acids is 1. The van der Waals surface area contributed by atoms with Crippen molar-refractivity contribution in [3.63, 3.8) is 0 Å². The number of piperidine rings is 1. The van der Waals surface area contributed by atoms with Gasteiger partial charge >= 0.3 is 0 Å². The lowest BCUT2D eigenvalue weighted by Gasteiger charge is -2.19. The summed E-state index contributed by atoms with van der Waals surface area (Å²) in [4.78, 5) is 17.3. The number of rotatable bonds is 6. The molecule has 1 saturated carbocycles. The first-order valence-electron chi connectivity index (χ1n) is 10.4. The molecule has 0 bridgehead atoms. The SMILES string of the molecule is COc1cc(C(=O)Nc2nc(C3CCNCC3)nn2C)ccc1OC1CCCC1. The number of amides is 1. The number of anilines is 1. The second kappa shape index (κ2) is 8.82. The first kappa shape index (κ1) is 19.7. The number of carbonyl (C=O) groups is 1. The molecule has 2 aromatic rings. The zero-order chi connectivity index (χ0) is 20.2. The number of aryl methyl sites for hydroxylation is 1. The number of ether oxygens (including phenoxy) is 2. The van der Waals surface area contributed by atoms with Gasteiger partial charge in [-0.15, -0.1) is 0 Å². The summed E-state index contributed by atoms with van der Waals surface area (Å²) in [7, 11) is 3.39. The Hall–Kier alpha value is -2.61. The fourth-order valence-corrected chi connectivity index (χ4v) is 4.03. The maximum Gasteiger partial charge on any atom is 0.258 e. The van der Waals surface area contributed by atoms with Gasteiger partial charge in [0.05, 0.1) is 13.2 Å². The number of nitrogens with one attached hydrogen (secondary N) is 2. The molecule has 0 radical (unpaired) electrons. The molecular weight excluding hydrogens is 370 g/mol. The molecule has 2 aliphatic rings. The molecule has 2 fully saturated rings. The Balaban J connectivity index is 1.46. The lowest BCUT2D eigenvalue weighted by atomic mass is 9.98. The molecule has 2 N–H and O–H groups in total. The van der Waals surface area contributed by atoms with Crippen LogP contribution in [0, 0.1) is 0 Å². The molecule has 0 unspecified atom stereocenters. The minimum atomic E-state index is -0.247. The van der Waals surface area contributed by atoms with Crippen LogP contribution < -0.4 is 20.1 Å². The Labute approximate surface area is 171 Å². The van der Waals surface area contributed by atoms with Gasteiger partial charge in [-0.05, 0) is 69.8 Å². The highest BCUT2D eigenvalue weighted by atomic mass is 16.5. The normalized spacial score (nSPS) is 18.0. The first-order valence-corrected chi connectivity index (χ1v) is 10.4. The number of methoxy groups -OCH3 is 1. The Kier molecular flexibility index (Phi) is 5.99. The first-order chi connectivity index (χ1) is 14.1. The van der Waals surface area contributed by atoms with Gasteiger partial charge in [0.15, 0.2) is 17.3 Å². The third-order valence-electron chi connectivity index (χ3n) is 5.73. The molecule has 156 valence electrons. The molecule has 1 aromatic carbocycles. The van der Waals surface area contributed by atoms with Crippen molar-refractivity contribution in [3.05, 3.63) is 29.6 Å². The molecule has 1 aliphatic carbocycles. The van der Waals surface area contributed by atoms with Crippen LogP contribution in [0.1, 0.15) is 60.6 Å². The van der Waals surface area contributed by atoms with Gasteiger partial charge in [0.1, 0.15) is 0 Å². The van der Waals surface area contributed by atoms with Crippen LogP contribution in [0.25, 0.3) is 0 Å². The molecule has 4 rings (SSSR count). The Morgan fingerprint density at radius 1 is 1.17 bits per heavy atom. The van der Waals surface area contributed by atoms with Crippen LogP contribution in [0.15, 0.2) is 18.2 Å². The van der Waals surface area contributed by atoms with E-state index in [1.165, 1.54) is 12.8 Å². The van der Waals surface area contributed by atoms with Crippen molar-refractivity contribution < 1.29 is 14.3 Å². The number of hydrogen-bond acceptors (Lipinski definition) is 6. The van der Waals surface area contributed by atoms with Gasteiger partial charge in [-0.1, -0.05) is 0 Å². The van der Waals surface area contributed by atoms with Gasteiger partial charge < -0.3 is 14.8 Å². The van der Waals surface area contributed by atoms with E-state index in [1.54, 1.807) is 31.0 Å². The van der Waals surface area contributed by atoms with Gasteiger partial charge in [-0.2, -0.15) is 10.1 Å². The average molecular weight is 399 g/mol.